The van der Waals surface area contributed by atoms with Gasteiger partial charge < -0.3 is 9.64 Å². The van der Waals surface area contributed by atoms with E-state index in [4.69, 9.17) is 9.72 Å². The molecule has 1 unspecified atom stereocenters. The summed E-state index contributed by atoms with van der Waals surface area (Å²) in [4.78, 5) is 19.0. The van der Waals surface area contributed by atoms with Crippen molar-refractivity contribution in [1.82, 2.24) is 9.88 Å². The van der Waals surface area contributed by atoms with Gasteiger partial charge in [-0.3, -0.25) is 4.98 Å². The minimum absolute atomic E-state index is 0.178. The first kappa shape index (κ1) is 23.3. The van der Waals surface area contributed by atoms with E-state index < -0.39 is 5.60 Å². The Balaban J connectivity index is 1.67. The third-order valence-electron chi connectivity index (χ3n) is 6.31. The van der Waals surface area contributed by atoms with Crippen molar-refractivity contribution in [2.24, 2.45) is 5.92 Å². The zero-order valence-electron chi connectivity index (χ0n) is 20.1. The molecule has 2 heterocycles. The van der Waals surface area contributed by atoms with Gasteiger partial charge in [0.1, 0.15) is 5.60 Å². The highest BCUT2D eigenvalue weighted by molar-refractivity contribution is 5.68. The van der Waals surface area contributed by atoms with Gasteiger partial charge >= 0.3 is 6.09 Å². The van der Waals surface area contributed by atoms with Crippen LogP contribution < -0.4 is 0 Å². The Morgan fingerprint density at radius 2 is 1.84 bits per heavy atom. The van der Waals surface area contributed by atoms with Gasteiger partial charge in [-0.15, -0.1) is 0 Å². The monoisotopic (exact) mass is 422 g/mol. The molecule has 0 N–H and O–H groups in total. The number of piperidine rings is 1. The number of likely N-dealkylation sites (tertiary alicyclic amines) is 1. The summed E-state index contributed by atoms with van der Waals surface area (Å²) in [7, 11) is 0. The van der Waals surface area contributed by atoms with Gasteiger partial charge in [0, 0.05) is 25.2 Å². The van der Waals surface area contributed by atoms with E-state index in [-0.39, 0.29) is 6.09 Å². The summed E-state index contributed by atoms with van der Waals surface area (Å²) < 4.78 is 5.54. The highest BCUT2D eigenvalue weighted by atomic mass is 16.6. The van der Waals surface area contributed by atoms with Crippen LogP contribution in [0.25, 0.3) is 0 Å². The van der Waals surface area contributed by atoms with Gasteiger partial charge in [-0.05, 0) is 95.9 Å². The summed E-state index contributed by atoms with van der Waals surface area (Å²) in [6.45, 7) is 13.9. The van der Waals surface area contributed by atoms with Gasteiger partial charge in [-0.25, -0.2) is 4.79 Å². The van der Waals surface area contributed by atoms with Crippen LogP contribution in [0.4, 0.5) is 4.79 Å². The van der Waals surface area contributed by atoms with E-state index >= 15 is 0 Å². The van der Waals surface area contributed by atoms with E-state index in [0.29, 0.717) is 11.8 Å². The average molecular weight is 423 g/mol. The Morgan fingerprint density at radius 1 is 1.13 bits per heavy atom. The molecule has 0 bridgehead atoms. The summed E-state index contributed by atoms with van der Waals surface area (Å²) >= 11 is 0. The van der Waals surface area contributed by atoms with Crippen molar-refractivity contribution in [2.75, 3.05) is 13.1 Å². The lowest BCUT2D eigenvalue weighted by Crippen LogP contribution is -2.41. The van der Waals surface area contributed by atoms with Crippen LogP contribution in [0.3, 0.4) is 0 Å². The van der Waals surface area contributed by atoms with Gasteiger partial charge in [0.05, 0.1) is 5.69 Å². The average Bonchev–Trinajstić information content (AvgIpc) is 2.69. The molecular weight excluding hydrogens is 384 g/mol. The Labute approximate surface area is 188 Å². The number of carbonyl (C=O) groups excluding carboxylic acids is 1. The van der Waals surface area contributed by atoms with Crippen LogP contribution in [0.15, 0.2) is 36.5 Å². The lowest BCUT2D eigenvalue weighted by atomic mass is 9.82. The fraction of sp³-hybridized carbons (Fsp3) is 0.556. The van der Waals surface area contributed by atoms with Gasteiger partial charge in [-0.1, -0.05) is 29.8 Å². The molecule has 4 heteroatoms. The molecule has 1 aliphatic heterocycles. The highest BCUT2D eigenvalue weighted by Crippen LogP contribution is 2.35. The summed E-state index contributed by atoms with van der Waals surface area (Å²) in [5.41, 5.74) is 6.04. The molecule has 4 nitrogen and oxygen atoms in total. The number of ether oxygens (including phenoxy) is 1. The van der Waals surface area contributed by atoms with Crippen LogP contribution >= 0.6 is 0 Å². The molecule has 31 heavy (non-hydrogen) atoms. The summed E-state index contributed by atoms with van der Waals surface area (Å²) in [6.07, 6.45) is 6.05. The molecule has 168 valence electrons. The van der Waals surface area contributed by atoms with Crippen LogP contribution in [-0.2, 0) is 4.74 Å². The zero-order valence-corrected chi connectivity index (χ0v) is 20.1. The quantitative estimate of drug-likeness (QED) is 0.547. The van der Waals surface area contributed by atoms with Crippen molar-refractivity contribution in [1.29, 1.82) is 0 Å². The van der Waals surface area contributed by atoms with Crippen molar-refractivity contribution in [3.8, 4) is 0 Å². The molecule has 3 rings (SSSR count). The minimum Gasteiger partial charge on any atom is -0.444 e. The largest absolute Gasteiger partial charge is 0.444 e. The maximum Gasteiger partial charge on any atom is 0.410 e. The Hall–Kier alpha value is -2.36. The molecule has 0 saturated carbocycles. The number of hydrogen-bond donors (Lipinski definition) is 0. The highest BCUT2D eigenvalue weighted by Gasteiger charge is 2.28. The van der Waals surface area contributed by atoms with Crippen LogP contribution in [-0.4, -0.2) is 34.7 Å². The van der Waals surface area contributed by atoms with Crippen molar-refractivity contribution in [3.05, 3.63) is 64.5 Å². The minimum atomic E-state index is -0.437. The van der Waals surface area contributed by atoms with Crippen LogP contribution in [0.1, 0.15) is 80.3 Å². The van der Waals surface area contributed by atoms with Crippen LogP contribution in [0, 0.1) is 26.7 Å². The van der Waals surface area contributed by atoms with Gasteiger partial charge in [0.25, 0.3) is 0 Å². The smallest absolute Gasteiger partial charge is 0.410 e. The third-order valence-corrected chi connectivity index (χ3v) is 6.31. The first-order valence-electron chi connectivity index (χ1n) is 11.6. The maximum atomic E-state index is 12.4. The van der Waals surface area contributed by atoms with E-state index in [9.17, 15) is 4.79 Å². The molecule has 1 fully saturated rings. The second-order valence-electron chi connectivity index (χ2n) is 10.1. The lowest BCUT2D eigenvalue weighted by molar-refractivity contribution is 0.0180. The number of rotatable bonds is 5. The molecule has 0 aliphatic carbocycles. The molecule has 0 radical (unpaired) electrons. The van der Waals surface area contributed by atoms with Crippen molar-refractivity contribution in [3.63, 3.8) is 0 Å². The number of carbonyl (C=O) groups is 1. The molecule has 1 atom stereocenters. The number of hydrogen-bond acceptors (Lipinski definition) is 3. The molecule has 1 aromatic heterocycles. The van der Waals surface area contributed by atoms with E-state index in [1.54, 1.807) is 0 Å². The normalized spacial score (nSPS) is 16.3. The summed E-state index contributed by atoms with van der Waals surface area (Å²) in [5, 5.41) is 0. The number of nitrogens with zero attached hydrogens (tertiary/aromatic N) is 2. The Bertz CT molecular complexity index is 892. The fourth-order valence-corrected chi connectivity index (χ4v) is 4.65. The van der Waals surface area contributed by atoms with Crippen molar-refractivity contribution < 1.29 is 9.53 Å². The van der Waals surface area contributed by atoms with E-state index in [1.165, 1.54) is 27.9 Å². The van der Waals surface area contributed by atoms with Gasteiger partial charge in [-0.2, -0.15) is 0 Å². The molecular formula is C27H38N2O2. The molecule has 1 aromatic carbocycles. The predicted molar refractivity (Wildman–Crippen MR) is 126 cm³/mol. The molecule has 1 aliphatic rings. The first-order chi connectivity index (χ1) is 14.6. The molecule has 0 spiro atoms. The Kier molecular flexibility index (Phi) is 7.40. The zero-order chi connectivity index (χ0) is 22.6. The van der Waals surface area contributed by atoms with Crippen molar-refractivity contribution >= 4 is 6.09 Å². The lowest BCUT2D eigenvalue weighted by Gasteiger charge is -2.34. The second kappa shape index (κ2) is 9.84. The standard InChI is InChI=1S/C27H38N2O2/c1-19-9-11-23(21(3)18-19)24(25-20(2)8-7-15-28-25)12-10-22-13-16-29(17-14-22)26(30)31-27(4,5)6/h7-9,11,15,18,22,24H,10,12-14,16-17H2,1-6H3. The number of aryl methyl sites for hydroxylation is 3. The first-order valence-corrected chi connectivity index (χ1v) is 11.6. The van der Waals surface area contributed by atoms with Crippen LogP contribution in [0.5, 0.6) is 0 Å². The second-order valence-corrected chi connectivity index (χ2v) is 10.1. The SMILES string of the molecule is Cc1ccc(C(CCC2CCN(C(=O)OC(C)(C)C)CC2)c2ncccc2C)c(C)c1. The maximum absolute atomic E-state index is 12.4. The summed E-state index contributed by atoms with van der Waals surface area (Å²) in [6, 6.07) is 11.0. The number of pyridine rings is 1. The van der Waals surface area contributed by atoms with E-state index in [1.807, 2.05) is 37.9 Å². The number of amides is 1. The fourth-order valence-electron chi connectivity index (χ4n) is 4.65. The topological polar surface area (TPSA) is 42.4 Å². The van der Waals surface area contributed by atoms with Crippen LogP contribution in [0.2, 0.25) is 0 Å². The number of aromatic nitrogens is 1. The molecule has 1 saturated heterocycles. The molecule has 2 aromatic rings. The van der Waals surface area contributed by atoms with Gasteiger partial charge in [0.2, 0.25) is 0 Å². The summed E-state index contributed by atoms with van der Waals surface area (Å²) in [5.74, 6) is 0.946. The third kappa shape index (κ3) is 6.32. The number of benzene rings is 1. The van der Waals surface area contributed by atoms with E-state index in [2.05, 4.69) is 45.0 Å². The van der Waals surface area contributed by atoms with Gasteiger partial charge in [0.15, 0.2) is 0 Å². The van der Waals surface area contributed by atoms with Crippen molar-refractivity contribution in [2.45, 2.75) is 78.7 Å². The van der Waals surface area contributed by atoms with E-state index in [0.717, 1.165) is 38.8 Å². The Morgan fingerprint density at radius 3 is 2.45 bits per heavy atom. The predicted octanol–water partition coefficient (Wildman–Crippen LogP) is 6.57. The molecule has 1 amide bonds.